The lowest BCUT2D eigenvalue weighted by Gasteiger charge is -2.24. The third kappa shape index (κ3) is 3.46. The zero-order chi connectivity index (χ0) is 18.0. The molecular weight excluding hydrogens is 319 g/mol. The van der Waals surface area contributed by atoms with Crippen LogP contribution in [-0.2, 0) is 0 Å². The Morgan fingerprint density at radius 3 is 2.04 bits per heavy atom. The van der Waals surface area contributed by atoms with E-state index in [0.29, 0.717) is 24.2 Å². The van der Waals surface area contributed by atoms with Gasteiger partial charge in [0.1, 0.15) is 5.82 Å². The summed E-state index contributed by atoms with van der Waals surface area (Å²) in [6, 6.07) is 13.3. The zero-order valence-electron chi connectivity index (χ0n) is 14.3. The molecule has 0 saturated carbocycles. The van der Waals surface area contributed by atoms with Gasteiger partial charge in [-0.15, -0.1) is 0 Å². The lowest BCUT2D eigenvalue weighted by Crippen LogP contribution is -2.38. The highest BCUT2D eigenvalue weighted by molar-refractivity contribution is 6.21. The van der Waals surface area contributed by atoms with Gasteiger partial charge in [-0.25, -0.2) is 4.39 Å². The predicted molar refractivity (Wildman–Crippen MR) is 93.8 cm³/mol. The second-order valence-corrected chi connectivity index (χ2v) is 6.53. The molecule has 3 rings (SSSR count). The van der Waals surface area contributed by atoms with E-state index in [9.17, 15) is 14.0 Å². The van der Waals surface area contributed by atoms with Crippen molar-refractivity contribution in [2.45, 2.75) is 19.9 Å². The fourth-order valence-corrected chi connectivity index (χ4v) is 3.18. The molecule has 25 heavy (non-hydrogen) atoms. The zero-order valence-corrected chi connectivity index (χ0v) is 14.3. The minimum atomic E-state index is -0.266. The van der Waals surface area contributed by atoms with Gasteiger partial charge in [0.15, 0.2) is 0 Å². The lowest BCUT2D eigenvalue weighted by atomic mass is 9.96. The Balaban J connectivity index is 1.65. The first-order chi connectivity index (χ1) is 12.0. The SMILES string of the molecule is CC(C)C(NCCN1C(=O)c2ccccc2C1=O)c1ccc(F)cc1. The van der Waals surface area contributed by atoms with Crippen LogP contribution >= 0.6 is 0 Å². The standard InChI is InChI=1S/C20H21FN2O2/c1-13(2)18(14-7-9-15(21)10-8-14)22-11-12-23-19(24)16-5-3-4-6-17(16)20(23)25/h3-10,13,18,22H,11-12H2,1-2H3. The summed E-state index contributed by atoms with van der Waals surface area (Å²) in [4.78, 5) is 26.0. The molecule has 5 heteroatoms. The van der Waals surface area contributed by atoms with Crippen LogP contribution in [0.2, 0.25) is 0 Å². The molecule has 0 bridgehead atoms. The summed E-state index contributed by atoms with van der Waals surface area (Å²) in [5.74, 6) is -0.472. The minimum Gasteiger partial charge on any atom is -0.308 e. The molecule has 1 aliphatic heterocycles. The maximum Gasteiger partial charge on any atom is 0.261 e. The first kappa shape index (κ1) is 17.3. The number of benzene rings is 2. The van der Waals surface area contributed by atoms with Crippen molar-refractivity contribution >= 4 is 11.8 Å². The Kier molecular flexibility index (Phi) is 4.95. The van der Waals surface area contributed by atoms with Crippen LogP contribution < -0.4 is 5.32 Å². The van der Waals surface area contributed by atoms with Crippen LogP contribution in [0.15, 0.2) is 48.5 Å². The number of fused-ring (bicyclic) bond motifs is 1. The number of nitrogens with zero attached hydrogens (tertiary/aromatic N) is 1. The van der Waals surface area contributed by atoms with E-state index >= 15 is 0 Å². The highest BCUT2D eigenvalue weighted by atomic mass is 19.1. The highest BCUT2D eigenvalue weighted by Gasteiger charge is 2.34. The number of imide groups is 1. The number of amides is 2. The second-order valence-electron chi connectivity index (χ2n) is 6.53. The fourth-order valence-electron chi connectivity index (χ4n) is 3.18. The number of hydrogen-bond donors (Lipinski definition) is 1. The summed E-state index contributed by atoms with van der Waals surface area (Å²) in [6.45, 7) is 4.93. The van der Waals surface area contributed by atoms with Crippen LogP contribution in [0.4, 0.5) is 4.39 Å². The topological polar surface area (TPSA) is 49.4 Å². The number of rotatable bonds is 6. The van der Waals surface area contributed by atoms with Crippen molar-refractivity contribution in [3.05, 3.63) is 71.0 Å². The van der Waals surface area contributed by atoms with Crippen molar-refractivity contribution in [3.8, 4) is 0 Å². The van der Waals surface area contributed by atoms with E-state index in [4.69, 9.17) is 0 Å². The monoisotopic (exact) mass is 340 g/mol. The molecule has 0 aliphatic carbocycles. The molecule has 2 aromatic rings. The normalized spacial score (nSPS) is 15.0. The molecular formula is C20H21FN2O2. The van der Waals surface area contributed by atoms with Crippen LogP contribution in [0.3, 0.4) is 0 Å². The van der Waals surface area contributed by atoms with Crippen molar-refractivity contribution in [1.82, 2.24) is 10.2 Å². The highest BCUT2D eigenvalue weighted by Crippen LogP contribution is 2.23. The maximum absolute atomic E-state index is 13.1. The van der Waals surface area contributed by atoms with Crippen LogP contribution in [0.25, 0.3) is 0 Å². The lowest BCUT2D eigenvalue weighted by molar-refractivity contribution is 0.0654. The summed E-state index contributed by atoms with van der Waals surface area (Å²) in [5, 5.41) is 3.38. The Hall–Kier alpha value is -2.53. The van der Waals surface area contributed by atoms with Crippen molar-refractivity contribution in [1.29, 1.82) is 0 Å². The Morgan fingerprint density at radius 2 is 1.52 bits per heavy atom. The van der Waals surface area contributed by atoms with Gasteiger partial charge in [-0.3, -0.25) is 14.5 Å². The Morgan fingerprint density at radius 1 is 0.960 bits per heavy atom. The van der Waals surface area contributed by atoms with Gasteiger partial charge in [-0.05, 0) is 35.7 Å². The summed E-state index contributed by atoms with van der Waals surface area (Å²) in [5.41, 5.74) is 1.91. The van der Waals surface area contributed by atoms with E-state index in [-0.39, 0.29) is 29.6 Å². The van der Waals surface area contributed by atoms with Crippen LogP contribution in [0.5, 0.6) is 0 Å². The molecule has 0 radical (unpaired) electrons. The number of carbonyl (C=O) groups is 2. The maximum atomic E-state index is 13.1. The molecule has 2 amide bonds. The quantitative estimate of drug-likeness (QED) is 0.820. The van der Waals surface area contributed by atoms with E-state index in [0.717, 1.165) is 5.56 Å². The van der Waals surface area contributed by atoms with Gasteiger partial charge < -0.3 is 5.32 Å². The summed E-state index contributed by atoms with van der Waals surface area (Å²) in [7, 11) is 0. The Bertz CT molecular complexity index is 752. The molecule has 1 aliphatic rings. The van der Waals surface area contributed by atoms with Gasteiger partial charge in [0, 0.05) is 19.1 Å². The van der Waals surface area contributed by atoms with Gasteiger partial charge in [0.05, 0.1) is 11.1 Å². The van der Waals surface area contributed by atoms with Gasteiger partial charge in [0.25, 0.3) is 11.8 Å². The molecule has 130 valence electrons. The number of halogens is 1. The fraction of sp³-hybridized carbons (Fsp3) is 0.300. The van der Waals surface area contributed by atoms with Gasteiger partial charge in [0.2, 0.25) is 0 Å². The molecule has 0 fully saturated rings. The smallest absolute Gasteiger partial charge is 0.261 e. The predicted octanol–water partition coefficient (Wildman–Crippen LogP) is 3.41. The number of nitrogens with one attached hydrogen (secondary N) is 1. The average Bonchev–Trinajstić information content (AvgIpc) is 2.84. The molecule has 0 aromatic heterocycles. The minimum absolute atomic E-state index is 0.0239. The first-order valence-electron chi connectivity index (χ1n) is 8.43. The van der Waals surface area contributed by atoms with Crippen LogP contribution in [0, 0.1) is 11.7 Å². The third-order valence-corrected chi connectivity index (χ3v) is 4.47. The largest absolute Gasteiger partial charge is 0.308 e. The van der Waals surface area contributed by atoms with E-state index in [1.165, 1.54) is 17.0 Å². The summed E-state index contributed by atoms with van der Waals surface area (Å²) in [6.07, 6.45) is 0. The number of hydrogen-bond acceptors (Lipinski definition) is 3. The molecule has 2 aromatic carbocycles. The van der Waals surface area contributed by atoms with E-state index in [1.807, 2.05) is 0 Å². The van der Waals surface area contributed by atoms with E-state index < -0.39 is 0 Å². The molecule has 1 heterocycles. The molecule has 1 unspecified atom stereocenters. The molecule has 1 atom stereocenters. The van der Waals surface area contributed by atoms with Crippen molar-refractivity contribution in [3.63, 3.8) is 0 Å². The second kappa shape index (κ2) is 7.15. The molecule has 4 nitrogen and oxygen atoms in total. The third-order valence-electron chi connectivity index (χ3n) is 4.47. The Labute approximate surface area is 146 Å². The first-order valence-corrected chi connectivity index (χ1v) is 8.43. The molecule has 0 saturated heterocycles. The van der Waals surface area contributed by atoms with Crippen molar-refractivity contribution in [2.24, 2.45) is 5.92 Å². The van der Waals surface area contributed by atoms with Gasteiger partial charge >= 0.3 is 0 Å². The number of carbonyl (C=O) groups excluding carboxylic acids is 2. The molecule has 0 spiro atoms. The summed E-state index contributed by atoms with van der Waals surface area (Å²) >= 11 is 0. The van der Waals surface area contributed by atoms with Gasteiger partial charge in [-0.2, -0.15) is 0 Å². The van der Waals surface area contributed by atoms with Gasteiger partial charge in [-0.1, -0.05) is 38.1 Å². The molecule has 1 N–H and O–H groups in total. The van der Waals surface area contributed by atoms with Crippen LogP contribution in [0.1, 0.15) is 46.2 Å². The van der Waals surface area contributed by atoms with Crippen LogP contribution in [-0.4, -0.2) is 29.8 Å². The van der Waals surface area contributed by atoms with E-state index in [1.54, 1.807) is 36.4 Å². The van der Waals surface area contributed by atoms with E-state index in [2.05, 4.69) is 19.2 Å². The van der Waals surface area contributed by atoms with Crippen molar-refractivity contribution in [2.75, 3.05) is 13.1 Å². The van der Waals surface area contributed by atoms with Crippen molar-refractivity contribution < 1.29 is 14.0 Å². The average molecular weight is 340 g/mol. The summed E-state index contributed by atoms with van der Waals surface area (Å²) < 4.78 is 13.1.